The summed E-state index contributed by atoms with van der Waals surface area (Å²) in [5.74, 6) is 0.776. The average Bonchev–Trinajstić information content (AvgIpc) is 2.68. The van der Waals surface area contributed by atoms with Gasteiger partial charge in [0.25, 0.3) is 0 Å². The number of anilines is 1. The van der Waals surface area contributed by atoms with Crippen molar-refractivity contribution in [1.29, 1.82) is 0 Å². The van der Waals surface area contributed by atoms with E-state index in [2.05, 4.69) is 10.00 Å². The van der Waals surface area contributed by atoms with E-state index in [0.29, 0.717) is 12.1 Å². The van der Waals surface area contributed by atoms with Crippen LogP contribution in [0, 0.1) is 6.92 Å². The second-order valence-electron chi connectivity index (χ2n) is 5.76. The number of aliphatic hydroxyl groups excluding tert-OH is 1. The van der Waals surface area contributed by atoms with Crippen molar-refractivity contribution in [2.24, 2.45) is 7.05 Å². The first-order valence-corrected chi connectivity index (χ1v) is 6.78. The maximum atomic E-state index is 9.82. The number of piperidine rings is 1. The average molecular weight is 250 g/mol. The van der Waals surface area contributed by atoms with Gasteiger partial charge >= 0.3 is 0 Å². The molecule has 0 saturated carbocycles. The van der Waals surface area contributed by atoms with Gasteiger partial charge in [-0.2, -0.15) is 5.10 Å². The van der Waals surface area contributed by atoms with Gasteiger partial charge in [-0.1, -0.05) is 0 Å². The van der Waals surface area contributed by atoms with Crippen LogP contribution in [-0.4, -0.2) is 38.0 Å². The third-order valence-corrected chi connectivity index (χ3v) is 4.59. The van der Waals surface area contributed by atoms with Gasteiger partial charge in [0.1, 0.15) is 5.82 Å². The van der Waals surface area contributed by atoms with Crippen molar-refractivity contribution in [1.82, 2.24) is 14.7 Å². The van der Waals surface area contributed by atoms with Crippen molar-refractivity contribution in [3.8, 4) is 0 Å². The predicted molar refractivity (Wildman–Crippen MR) is 70.0 cm³/mol. The normalized spacial score (nSPS) is 32.1. The van der Waals surface area contributed by atoms with Crippen LogP contribution >= 0.6 is 0 Å². The minimum Gasteiger partial charge on any atom is -0.393 e. The van der Waals surface area contributed by atoms with Crippen LogP contribution in [-0.2, 0) is 13.6 Å². The van der Waals surface area contributed by atoms with E-state index >= 15 is 0 Å². The number of hydrogen-bond acceptors (Lipinski definition) is 4. The molecule has 5 nitrogen and oxygen atoms in total. The summed E-state index contributed by atoms with van der Waals surface area (Å²) in [6.45, 7) is 2.90. The van der Waals surface area contributed by atoms with E-state index in [1.165, 1.54) is 12.8 Å². The highest BCUT2D eigenvalue weighted by Crippen LogP contribution is 2.37. The summed E-state index contributed by atoms with van der Waals surface area (Å²) in [7, 11) is 1.89. The second kappa shape index (κ2) is 4.24. The summed E-state index contributed by atoms with van der Waals surface area (Å²) < 4.78 is 1.76. The molecule has 2 fully saturated rings. The number of nitrogens with zero attached hydrogens (tertiary/aromatic N) is 3. The van der Waals surface area contributed by atoms with Gasteiger partial charge in [0.05, 0.1) is 11.8 Å². The van der Waals surface area contributed by atoms with Gasteiger partial charge in [-0.15, -0.1) is 0 Å². The van der Waals surface area contributed by atoms with Crippen LogP contribution in [0.3, 0.4) is 0 Å². The van der Waals surface area contributed by atoms with Crippen LogP contribution in [0.15, 0.2) is 0 Å². The lowest BCUT2D eigenvalue weighted by Crippen LogP contribution is -2.44. The molecule has 2 aliphatic rings. The fraction of sp³-hybridized carbons (Fsp3) is 0.769. The Morgan fingerprint density at radius 1 is 1.33 bits per heavy atom. The Balaban J connectivity index is 1.81. The van der Waals surface area contributed by atoms with Gasteiger partial charge in [0.15, 0.2) is 0 Å². The van der Waals surface area contributed by atoms with Gasteiger partial charge in [0.2, 0.25) is 0 Å². The molecule has 2 saturated heterocycles. The maximum Gasteiger partial charge on any atom is 0.126 e. The Kier molecular flexibility index (Phi) is 2.83. The highest BCUT2D eigenvalue weighted by Gasteiger charge is 2.40. The third kappa shape index (κ3) is 1.82. The Bertz CT molecular complexity index is 442. The molecule has 3 rings (SSSR count). The van der Waals surface area contributed by atoms with Crippen LogP contribution < -0.4 is 5.73 Å². The molecule has 3 N–H and O–H groups in total. The molecule has 2 bridgehead atoms. The summed E-state index contributed by atoms with van der Waals surface area (Å²) in [6.07, 6.45) is 4.14. The minimum absolute atomic E-state index is 0.105. The van der Waals surface area contributed by atoms with Crippen molar-refractivity contribution in [3.05, 3.63) is 11.3 Å². The molecule has 3 heterocycles. The first kappa shape index (κ1) is 12.0. The molecule has 0 spiro atoms. The third-order valence-electron chi connectivity index (χ3n) is 4.59. The van der Waals surface area contributed by atoms with E-state index in [-0.39, 0.29) is 6.10 Å². The molecule has 1 aromatic rings. The summed E-state index contributed by atoms with van der Waals surface area (Å²) >= 11 is 0. The number of aryl methyl sites for hydroxylation is 2. The minimum atomic E-state index is -0.105. The van der Waals surface area contributed by atoms with E-state index in [4.69, 9.17) is 5.73 Å². The Morgan fingerprint density at radius 2 is 1.94 bits per heavy atom. The van der Waals surface area contributed by atoms with Gasteiger partial charge in [-0.3, -0.25) is 9.58 Å². The zero-order chi connectivity index (χ0) is 12.9. The molecule has 18 heavy (non-hydrogen) atoms. The molecule has 1 aromatic heterocycles. The second-order valence-corrected chi connectivity index (χ2v) is 5.76. The zero-order valence-electron chi connectivity index (χ0n) is 11.1. The SMILES string of the molecule is Cc1nn(C)c(N)c1CN1C2CCC1CC(O)C2. The molecule has 2 aliphatic heterocycles. The van der Waals surface area contributed by atoms with Crippen LogP contribution in [0.2, 0.25) is 0 Å². The lowest BCUT2D eigenvalue weighted by Gasteiger charge is -2.37. The molecular weight excluding hydrogens is 228 g/mol. The van der Waals surface area contributed by atoms with Crippen molar-refractivity contribution in [2.75, 3.05) is 5.73 Å². The van der Waals surface area contributed by atoms with Crippen LogP contribution in [0.1, 0.15) is 36.9 Å². The van der Waals surface area contributed by atoms with Crippen molar-refractivity contribution >= 4 is 5.82 Å². The van der Waals surface area contributed by atoms with Gasteiger partial charge in [-0.25, -0.2) is 0 Å². The summed E-state index contributed by atoms with van der Waals surface area (Å²) in [5.41, 5.74) is 8.27. The Labute approximate surface area is 108 Å². The molecule has 0 amide bonds. The molecule has 100 valence electrons. The standard InChI is InChI=1S/C13H22N4O/c1-8-12(13(14)16(2)15-8)7-17-9-3-4-10(17)6-11(18)5-9/h9-11,18H,3-7,14H2,1-2H3. The largest absolute Gasteiger partial charge is 0.393 e. The lowest BCUT2D eigenvalue weighted by atomic mass is 9.99. The number of aliphatic hydroxyl groups is 1. The zero-order valence-corrected chi connectivity index (χ0v) is 11.1. The first-order chi connectivity index (χ1) is 8.56. The highest BCUT2D eigenvalue weighted by atomic mass is 16.3. The van der Waals surface area contributed by atoms with Crippen LogP contribution in [0.5, 0.6) is 0 Å². The fourth-order valence-corrected chi connectivity index (χ4v) is 3.60. The smallest absolute Gasteiger partial charge is 0.126 e. The van der Waals surface area contributed by atoms with Gasteiger partial charge in [-0.05, 0) is 32.6 Å². The fourth-order valence-electron chi connectivity index (χ4n) is 3.60. The van der Waals surface area contributed by atoms with E-state index in [1.807, 2.05) is 14.0 Å². The molecule has 0 radical (unpaired) electrons. The molecular formula is C13H22N4O. The number of fused-ring (bicyclic) bond motifs is 2. The Morgan fingerprint density at radius 3 is 2.44 bits per heavy atom. The molecule has 2 unspecified atom stereocenters. The van der Waals surface area contributed by atoms with E-state index in [0.717, 1.165) is 36.5 Å². The Hall–Kier alpha value is -1.07. The highest BCUT2D eigenvalue weighted by molar-refractivity contribution is 5.43. The van der Waals surface area contributed by atoms with Crippen molar-refractivity contribution < 1.29 is 5.11 Å². The van der Waals surface area contributed by atoms with Crippen molar-refractivity contribution in [2.45, 2.75) is 57.3 Å². The van der Waals surface area contributed by atoms with Crippen LogP contribution in [0.25, 0.3) is 0 Å². The summed E-state index contributed by atoms with van der Waals surface area (Å²) in [4.78, 5) is 2.52. The summed E-state index contributed by atoms with van der Waals surface area (Å²) in [6, 6.07) is 1.05. The van der Waals surface area contributed by atoms with E-state index < -0.39 is 0 Å². The summed E-state index contributed by atoms with van der Waals surface area (Å²) in [5, 5.41) is 14.2. The maximum absolute atomic E-state index is 9.82. The number of rotatable bonds is 2. The monoisotopic (exact) mass is 250 g/mol. The lowest BCUT2D eigenvalue weighted by molar-refractivity contribution is 0.0310. The van der Waals surface area contributed by atoms with Gasteiger partial charge in [0, 0.05) is 31.2 Å². The van der Waals surface area contributed by atoms with Crippen LogP contribution in [0.4, 0.5) is 5.82 Å². The number of nitrogen functional groups attached to an aromatic ring is 1. The van der Waals surface area contributed by atoms with E-state index in [1.54, 1.807) is 4.68 Å². The van der Waals surface area contributed by atoms with Gasteiger partial charge < -0.3 is 10.8 Å². The molecule has 0 aromatic carbocycles. The first-order valence-electron chi connectivity index (χ1n) is 6.78. The predicted octanol–water partition coefficient (Wildman–Crippen LogP) is 0.798. The number of hydrogen-bond donors (Lipinski definition) is 2. The number of aromatic nitrogens is 2. The topological polar surface area (TPSA) is 67.3 Å². The molecule has 0 aliphatic carbocycles. The molecule has 5 heteroatoms. The van der Waals surface area contributed by atoms with Crippen molar-refractivity contribution in [3.63, 3.8) is 0 Å². The quantitative estimate of drug-likeness (QED) is 0.814. The number of nitrogens with two attached hydrogens (primary N) is 1. The molecule has 2 atom stereocenters. The van der Waals surface area contributed by atoms with E-state index in [9.17, 15) is 5.11 Å².